The number of carbonyl (C=O) groups is 1. The van der Waals surface area contributed by atoms with Gasteiger partial charge in [0.1, 0.15) is 18.0 Å². The molecule has 1 saturated carbocycles. The van der Waals surface area contributed by atoms with Crippen LogP contribution in [0.2, 0.25) is 0 Å². The number of aromatic nitrogens is 2. The van der Waals surface area contributed by atoms with Crippen LogP contribution in [-0.4, -0.2) is 28.2 Å². The van der Waals surface area contributed by atoms with E-state index >= 15 is 0 Å². The lowest BCUT2D eigenvalue weighted by molar-refractivity contribution is 0.0938. The molecule has 5 nitrogen and oxygen atoms in total. The number of nitrogens with one attached hydrogen (secondary N) is 1. The molecule has 7 heteroatoms. The molecule has 1 aliphatic carbocycles. The molecule has 0 spiro atoms. The zero-order valence-electron chi connectivity index (χ0n) is 13.1. The molecule has 1 aliphatic rings. The first kappa shape index (κ1) is 16.4. The van der Waals surface area contributed by atoms with Crippen LogP contribution in [0.1, 0.15) is 35.3 Å². The summed E-state index contributed by atoms with van der Waals surface area (Å²) in [6.45, 7) is -0.227. The fourth-order valence-corrected chi connectivity index (χ4v) is 2.42. The number of hydrogen-bond donors (Lipinski definition) is 1. The van der Waals surface area contributed by atoms with Crippen LogP contribution in [0.15, 0.2) is 36.5 Å². The third-order valence-corrected chi connectivity index (χ3v) is 3.96. The standard InChI is InChI=1S/C17H19F2N3O2/c18-16(19)11-22-9-8-14(21-22)17(23)20-10-12-4-1-2-7-15(12)24-13-5-3-6-13/h1-2,4,7-9,13,16H,3,5-6,10-11H2,(H,20,23). The molecule has 1 aromatic heterocycles. The van der Waals surface area contributed by atoms with Crippen LogP contribution in [0.5, 0.6) is 5.75 Å². The fourth-order valence-electron chi connectivity index (χ4n) is 2.42. The van der Waals surface area contributed by atoms with Gasteiger partial charge in [0.15, 0.2) is 0 Å². The average Bonchev–Trinajstić information content (AvgIpc) is 2.97. The third-order valence-electron chi connectivity index (χ3n) is 3.96. The Labute approximate surface area is 138 Å². The van der Waals surface area contributed by atoms with Crippen molar-refractivity contribution in [2.24, 2.45) is 0 Å². The lowest BCUT2D eigenvalue weighted by atomic mass is 9.96. The number of halogens is 2. The quantitative estimate of drug-likeness (QED) is 0.846. The van der Waals surface area contributed by atoms with Crippen LogP contribution in [0.3, 0.4) is 0 Å². The molecule has 1 N–H and O–H groups in total. The molecule has 0 aliphatic heterocycles. The number of rotatable bonds is 7. The van der Waals surface area contributed by atoms with Crippen LogP contribution in [0.4, 0.5) is 8.78 Å². The summed E-state index contributed by atoms with van der Waals surface area (Å²) in [5, 5.41) is 6.60. The van der Waals surface area contributed by atoms with E-state index in [4.69, 9.17) is 4.74 Å². The Morgan fingerprint density at radius 3 is 2.83 bits per heavy atom. The first-order valence-electron chi connectivity index (χ1n) is 7.96. The molecule has 0 bridgehead atoms. The number of benzene rings is 1. The Bertz CT molecular complexity index is 699. The highest BCUT2D eigenvalue weighted by molar-refractivity contribution is 5.92. The van der Waals surface area contributed by atoms with Crippen molar-refractivity contribution in [2.75, 3.05) is 0 Å². The van der Waals surface area contributed by atoms with Crippen molar-refractivity contribution >= 4 is 5.91 Å². The summed E-state index contributed by atoms with van der Waals surface area (Å²) in [5.41, 5.74) is 0.998. The Morgan fingerprint density at radius 2 is 2.12 bits per heavy atom. The topological polar surface area (TPSA) is 56.1 Å². The van der Waals surface area contributed by atoms with Crippen molar-refractivity contribution in [1.82, 2.24) is 15.1 Å². The van der Waals surface area contributed by atoms with Crippen molar-refractivity contribution in [1.29, 1.82) is 0 Å². The Balaban J connectivity index is 1.58. The maximum absolute atomic E-state index is 12.3. The van der Waals surface area contributed by atoms with Gasteiger partial charge in [0, 0.05) is 18.3 Å². The predicted molar refractivity (Wildman–Crippen MR) is 84.1 cm³/mol. The largest absolute Gasteiger partial charge is 0.490 e. The number of hydrogen-bond acceptors (Lipinski definition) is 3. The molecule has 0 saturated heterocycles. The third kappa shape index (κ3) is 4.10. The second kappa shape index (κ2) is 7.42. The van der Waals surface area contributed by atoms with Gasteiger partial charge in [-0.05, 0) is 31.4 Å². The number of ether oxygens (including phenoxy) is 1. The molecule has 1 aromatic carbocycles. The summed E-state index contributed by atoms with van der Waals surface area (Å²) in [4.78, 5) is 12.1. The second-order valence-electron chi connectivity index (χ2n) is 5.78. The van der Waals surface area contributed by atoms with Crippen LogP contribution >= 0.6 is 0 Å². The van der Waals surface area contributed by atoms with E-state index in [9.17, 15) is 13.6 Å². The molecule has 0 radical (unpaired) electrons. The lowest BCUT2D eigenvalue weighted by Crippen LogP contribution is -2.27. The highest BCUT2D eigenvalue weighted by atomic mass is 19.3. The molecular formula is C17H19F2N3O2. The van der Waals surface area contributed by atoms with Gasteiger partial charge in [-0.2, -0.15) is 5.10 Å². The number of para-hydroxylation sites is 1. The van der Waals surface area contributed by atoms with Gasteiger partial charge in [-0.3, -0.25) is 9.48 Å². The van der Waals surface area contributed by atoms with E-state index in [1.807, 2.05) is 24.3 Å². The highest BCUT2D eigenvalue weighted by Crippen LogP contribution is 2.27. The molecule has 1 fully saturated rings. The molecule has 2 aromatic rings. The minimum absolute atomic E-state index is 0.119. The molecule has 0 atom stereocenters. The van der Waals surface area contributed by atoms with Gasteiger partial charge >= 0.3 is 0 Å². The maximum atomic E-state index is 12.3. The minimum Gasteiger partial charge on any atom is -0.490 e. The molecular weight excluding hydrogens is 316 g/mol. The molecule has 3 rings (SSSR count). The predicted octanol–water partition coefficient (Wildman–Crippen LogP) is 3.01. The summed E-state index contributed by atoms with van der Waals surface area (Å²) < 4.78 is 31.6. The van der Waals surface area contributed by atoms with Gasteiger partial charge in [-0.15, -0.1) is 0 Å². The summed E-state index contributed by atoms with van der Waals surface area (Å²) in [5.74, 6) is 0.368. The van der Waals surface area contributed by atoms with Crippen molar-refractivity contribution < 1.29 is 18.3 Å². The van der Waals surface area contributed by atoms with Crippen molar-refractivity contribution in [3.63, 3.8) is 0 Å². The van der Waals surface area contributed by atoms with Gasteiger partial charge in [-0.25, -0.2) is 8.78 Å². The fraction of sp³-hybridized carbons (Fsp3) is 0.412. The summed E-state index contributed by atoms with van der Waals surface area (Å²) in [7, 11) is 0. The van der Waals surface area contributed by atoms with Gasteiger partial charge in [0.25, 0.3) is 12.3 Å². The van der Waals surface area contributed by atoms with E-state index in [2.05, 4.69) is 10.4 Å². The second-order valence-corrected chi connectivity index (χ2v) is 5.78. The molecule has 0 unspecified atom stereocenters. The van der Waals surface area contributed by atoms with E-state index in [-0.39, 0.29) is 11.8 Å². The first-order chi connectivity index (χ1) is 11.6. The Kier molecular flexibility index (Phi) is 5.08. The van der Waals surface area contributed by atoms with E-state index < -0.39 is 18.9 Å². The van der Waals surface area contributed by atoms with Crippen LogP contribution < -0.4 is 10.1 Å². The lowest BCUT2D eigenvalue weighted by Gasteiger charge is -2.27. The smallest absolute Gasteiger partial charge is 0.272 e. The number of alkyl halides is 2. The van der Waals surface area contributed by atoms with E-state index in [1.54, 1.807) is 0 Å². The molecule has 24 heavy (non-hydrogen) atoms. The summed E-state index contributed by atoms with van der Waals surface area (Å²) >= 11 is 0. The monoisotopic (exact) mass is 335 g/mol. The number of nitrogens with zero attached hydrogens (tertiary/aromatic N) is 2. The zero-order valence-corrected chi connectivity index (χ0v) is 13.1. The number of carbonyl (C=O) groups excluding carboxylic acids is 1. The van der Waals surface area contributed by atoms with Gasteiger partial charge in [0.2, 0.25) is 0 Å². The Morgan fingerprint density at radius 1 is 1.33 bits per heavy atom. The number of amides is 1. The van der Waals surface area contributed by atoms with Gasteiger partial charge < -0.3 is 10.1 Å². The van der Waals surface area contributed by atoms with E-state index in [1.165, 1.54) is 18.7 Å². The van der Waals surface area contributed by atoms with Crippen molar-refractivity contribution in [3.8, 4) is 5.75 Å². The van der Waals surface area contributed by atoms with Crippen molar-refractivity contribution in [2.45, 2.75) is 44.9 Å². The molecule has 1 amide bonds. The average molecular weight is 335 g/mol. The van der Waals surface area contributed by atoms with Crippen LogP contribution in [0.25, 0.3) is 0 Å². The maximum Gasteiger partial charge on any atom is 0.272 e. The molecule has 1 heterocycles. The van der Waals surface area contributed by atoms with E-state index in [0.717, 1.165) is 28.8 Å². The minimum atomic E-state index is -2.50. The zero-order chi connectivity index (χ0) is 16.9. The van der Waals surface area contributed by atoms with Gasteiger partial charge in [-0.1, -0.05) is 18.2 Å². The van der Waals surface area contributed by atoms with Crippen molar-refractivity contribution in [3.05, 3.63) is 47.8 Å². The molecule has 128 valence electrons. The van der Waals surface area contributed by atoms with Crippen LogP contribution in [-0.2, 0) is 13.1 Å². The normalized spacial score (nSPS) is 14.5. The SMILES string of the molecule is O=C(NCc1ccccc1OC1CCC1)c1ccn(CC(F)F)n1. The van der Waals surface area contributed by atoms with E-state index in [0.29, 0.717) is 6.54 Å². The van der Waals surface area contributed by atoms with Gasteiger partial charge in [0.05, 0.1) is 6.10 Å². The van der Waals surface area contributed by atoms with Crippen LogP contribution in [0, 0.1) is 0 Å². The first-order valence-corrected chi connectivity index (χ1v) is 7.96. The summed E-state index contributed by atoms with van der Waals surface area (Å²) in [6.07, 6.45) is 2.42. The summed E-state index contributed by atoms with van der Waals surface area (Å²) in [6, 6.07) is 8.98. The Hall–Kier alpha value is -2.44. The highest BCUT2D eigenvalue weighted by Gasteiger charge is 2.20.